The highest BCUT2D eigenvalue weighted by Gasteiger charge is 2.12. The summed E-state index contributed by atoms with van der Waals surface area (Å²) in [7, 11) is 0. The monoisotopic (exact) mass is 227 g/mol. The van der Waals surface area contributed by atoms with Crippen molar-refractivity contribution in [3.8, 4) is 0 Å². The molecule has 1 aliphatic heterocycles. The van der Waals surface area contributed by atoms with Gasteiger partial charge < -0.3 is 4.74 Å². The van der Waals surface area contributed by atoms with Crippen LogP contribution in [0, 0.1) is 0 Å². The van der Waals surface area contributed by atoms with Gasteiger partial charge in [-0.2, -0.15) is 0 Å². The van der Waals surface area contributed by atoms with Crippen LogP contribution < -0.4 is 0 Å². The Morgan fingerprint density at radius 1 is 1.12 bits per heavy atom. The zero-order valence-electron chi connectivity index (χ0n) is 10.5. The van der Waals surface area contributed by atoms with Crippen LogP contribution in [0.1, 0.15) is 51.9 Å². The summed E-state index contributed by atoms with van der Waals surface area (Å²) in [6.45, 7) is 5.30. The van der Waals surface area contributed by atoms with Crippen molar-refractivity contribution in [2.45, 2.75) is 51.9 Å². The van der Waals surface area contributed by atoms with E-state index in [-0.39, 0.29) is 5.97 Å². The molecule has 0 aliphatic carbocycles. The molecule has 0 saturated carbocycles. The molecule has 0 aromatic carbocycles. The van der Waals surface area contributed by atoms with Gasteiger partial charge in [0.25, 0.3) is 0 Å². The van der Waals surface area contributed by atoms with Gasteiger partial charge in [-0.25, -0.2) is 0 Å². The van der Waals surface area contributed by atoms with Crippen molar-refractivity contribution >= 4 is 5.97 Å². The first-order chi connectivity index (χ1) is 7.83. The largest absolute Gasteiger partial charge is 0.465 e. The number of likely N-dealkylation sites (tertiary alicyclic amines) is 1. The van der Waals surface area contributed by atoms with Crippen LogP contribution in [0.25, 0.3) is 0 Å². The fraction of sp³-hybridized carbons (Fsp3) is 0.923. The van der Waals surface area contributed by atoms with Gasteiger partial charge in [0.1, 0.15) is 0 Å². The number of ether oxygens (including phenoxy) is 1. The van der Waals surface area contributed by atoms with Crippen LogP contribution in [0.15, 0.2) is 0 Å². The molecule has 1 fully saturated rings. The molecule has 3 nitrogen and oxygen atoms in total. The molecule has 0 amide bonds. The molecule has 0 N–H and O–H groups in total. The van der Waals surface area contributed by atoms with E-state index in [0.717, 1.165) is 25.9 Å². The van der Waals surface area contributed by atoms with E-state index < -0.39 is 0 Å². The normalized spacial score (nSPS) is 18.8. The smallest absolute Gasteiger partial charge is 0.320 e. The highest BCUT2D eigenvalue weighted by molar-refractivity contribution is 5.71. The fourth-order valence-corrected chi connectivity index (χ4v) is 2.03. The molecule has 0 atom stereocenters. The van der Waals surface area contributed by atoms with Crippen molar-refractivity contribution < 1.29 is 9.53 Å². The quantitative estimate of drug-likeness (QED) is 0.534. The third-order valence-corrected chi connectivity index (χ3v) is 3.06. The molecule has 0 bridgehead atoms. The van der Waals surface area contributed by atoms with Crippen molar-refractivity contribution in [2.24, 2.45) is 0 Å². The number of carbonyl (C=O) groups excluding carboxylic acids is 1. The van der Waals surface area contributed by atoms with E-state index in [9.17, 15) is 4.79 Å². The predicted molar refractivity (Wildman–Crippen MR) is 65.4 cm³/mol. The summed E-state index contributed by atoms with van der Waals surface area (Å²) >= 11 is 0. The van der Waals surface area contributed by atoms with Crippen LogP contribution in [0.4, 0.5) is 0 Å². The van der Waals surface area contributed by atoms with Crippen molar-refractivity contribution in [3.05, 3.63) is 0 Å². The molecule has 0 unspecified atom stereocenters. The summed E-state index contributed by atoms with van der Waals surface area (Å²) in [6.07, 6.45) is 8.48. The lowest BCUT2D eigenvalue weighted by Gasteiger charge is -2.23. The maximum Gasteiger partial charge on any atom is 0.320 e. The van der Waals surface area contributed by atoms with Crippen molar-refractivity contribution in [1.82, 2.24) is 4.90 Å². The Bertz CT molecular complexity index is 186. The molecule has 0 aromatic heterocycles. The number of esters is 1. The molecule has 3 heteroatoms. The molecular weight excluding hydrogens is 202 g/mol. The van der Waals surface area contributed by atoms with Gasteiger partial charge in [0, 0.05) is 0 Å². The third kappa shape index (κ3) is 6.11. The van der Waals surface area contributed by atoms with Gasteiger partial charge in [0.05, 0.1) is 13.2 Å². The van der Waals surface area contributed by atoms with Gasteiger partial charge in [-0.1, -0.05) is 32.6 Å². The number of unbranched alkanes of at least 4 members (excludes halogenated alkanes) is 1. The second-order valence-electron chi connectivity index (χ2n) is 4.62. The van der Waals surface area contributed by atoms with Gasteiger partial charge in [-0.3, -0.25) is 9.69 Å². The Labute approximate surface area is 99.1 Å². The van der Waals surface area contributed by atoms with E-state index >= 15 is 0 Å². The Hall–Kier alpha value is -0.570. The van der Waals surface area contributed by atoms with Gasteiger partial charge >= 0.3 is 5.97 Å². The first-order valence-electron chi connectivity index (χ1n) is 6.71. The number of hydrogen-bond donors (Lipinski definition) is 0. The molecule has 0 spiro atoms. The van der Waals surface area contributed by atoms with Crippen LogP contribution in [0.2, 0.25) is 0 Å². The molecule has 0 aromatic rings. The summed E-state index contributed by atoms with van der Waals surface area (Å²) < 4.78 is 5.18. The van der Waals surface area contributed by atoms with E-state index in [1.807, 2.05) is 0 Å². The second kappa shape index (κ2) is 8.57. The van der Waals surface area contributed by atoms with Crippen molar-refractivity contribution in [1.29, 1.82) is 0 Å². The predicted octanol–water partition coefficient (Wildman–Crippen LogP) is 2.60. The minimum Gasteiger partial charge on any atom is -0.465 e. The minimum absolute atomic E-state index is 0.0472. The van der Waals surface area contributed by atoms with Gasteiger partial charge in [0.15, 0.2) is 0 Å². The SMILES string of the molecule is CCCCOC(=O)CN1CCCCCCC1. The number of carbonyl (C=O) groups is 1. The van der Waals surface area contributed by atoms with Crippen LogP contribution >= 0.6 is 0 Å². The standard InChI is InChI=1S/C13H25NO2/c1-2-3-11-16-13(15)12-14-9-7-5-4-6-8-10-14/h2-12H2,1H3. The lowest BCUT2D eigenvalue weighted by molar-refractivity contribution is -0.145. The van der Waals surface area contributed by atoms with Crippen LogP contribution in [-0.2, 0) is 9.53 Å². The Balaban J connectivity index is 2.14. The Morgan fingerprint density at radius 3 is 2.38 bits per heavy atom. The maximum absolute atomic E-state index is 11.5. The summed E-state index contributed by atoms with van der Waals surface area (Å²) in [5, 5.41) is 0. The zero-order chi connectivity index (χ0) is 11.6. The first-order valence-corrected chi connectivity index (χ1v) is 6.71. The Morgan fingerprint density at radius 2 is 1.75 bits per heavy atom. The van der Waals surface area contributed by atoms with Gasteiger partial charge in [0.2, 0.25) is 0 Å². The first kappa shape index (κ1) is 13.5. The summed E-state index contributed by atoms with van der Waals surface area (Å²) in [4.78, 5) is 13.8. The zero-order valence-corrected chi connectivity index (χ0v) is 10.5. The van der Waals surface area contributed by atoms with Crippen LogP contribution in [0.5, 0.6) is 0 Å². The molecule has 1 aliphatic rings. The highest BCUT2D eigenvalue weighted by Crippen LogP contribution is 2.10. The fourth-order valence-electron chi connectivity index (χ4n) is 2.03. The highest BCUT2D eigenvalue weighted by atomic mass is 16.5. The number of nitrogens with zero attached hydrogens (tertiary/aromatic N) is 1. The van der Waals surface area contributed by atoms with E-state index in [2.05, 4.69) is 11.8 Å². The minimum atomic E-state index is -0.0472. The third-order valence-electron chi connectivity index (χ3n) is 3.06. The summed E-state index contributed by atoms with van der Waals surface area (Å²) in [5.41, 5.74) is 0. The molecule has 0 radical (unpaired) electrons. The van der Waals surface area contributed by atoms with Gasteiger partial charge in [-0.05, 0) is 32.4 Å². The van der Waals surface area contributed by atoms with Gasteiger partial charge in [-0.15, -0.1) is 0 Å². The van der Waals surface area contributed by atoms with E-state index in [4.69, 9.17) is 4.74 Å². The molecule has 94 valence electrons. The number of rotatable bonds is 5. The lowest BCUT2D eigenvalue weighted by atomic mass is 10.1. The van der Waals surface area contributed by atoms with Crippen LogP contribution in [-0.4, -0.2) is 37.1 Å². The maximum atomic E-state index is 11.5. The lowest BCUT2D eigenvalue weighted by Crippen LogP contribution is -2.33. The average molecular weight is 227 g/mol. The van der Waals surface area contributed by atoms with Crippen molar-refractivity contribution in [2.75, 3.05) is 26.2 Å². The van der Waals surface area contributed by atoms with E-state index in [0.29, 0.717) is 13.2 Å². The van der Waals surface area contributed by atoms with Crippen LogP contribution in [0.3, 0.4) is 0 Å². The second-order valence-corrected chi connectivity index (χ2v) is 4.62. The molecule has 16 heavy (non-hydrogen) atoms. The topological polar surface area (TPSA) is 29.5 Å². The molecule has 1 rings (SSSR count). The molecular formula is C13H25NO2. The Kier molecular flexibility index (Phi) is 7.23. The van der Waals surface area contributed by atoms with Crippen molar-refractivity contribution in [3.63, 3.8) is 0 Å². The molecule has 1 heterocycles. The van der Waals surface area contributed by atoms with E-state index in [1.165, 1.54) is 32.1 Å². The summed E-state index contributed by atoms with van der Waals surface area (Å²) in [5.74, 6) is -0.0472. The molecule has 1 saturated heterocycles. The van der Waals surface area contributed by atoms with E-state index in [1.54, 1.807) is 0 Å². The number of hydrogen-bond acceptors (Lipinski definition) is 3. The average Bonchev–Trinajstić information content (AvgIpc) is 2.22. The summed E-state index contributed by atoms with van der Waals surface area (Å²) in [6, 6.07) is 0.